The Morgan fingerprint density at radius 1 is 1.22 bits per heavy atom. The number of carbonyl (C=O) groups excluding carboxylic acids is 1. The van der Waals surface area contributed by atoms with Crippen LogP contribution in [0.2, 0.25) is 0 Å². The van der Waals surface area contributed by atoms with E-state index in [0.29, 0.717) is 55.1 Å². The molecule has 2 fully saturated rings. The second-order valence-corrected chi connectivity index (χ2v) is 9.71. The number of aliphatic imine (C=N–C) groups is 2. The van der Waals surface area contributed by atoms with Crippen LogP contribution in [0, 0.1) is 5.92 Å². The first-order valence-corrected chi connectivity index (χ1v) is 13.2. The number of hydrogen-bond acceptors (Lipinski definition) is 9. The molecule has 4 rings (SSSR count). The van der Waals surface area contributed by atoms with Gasteiger partial charge >= 0.3 is 0 Å². The smallest absolute Gasteiger partial charge is 0.237 e. The molecule has 1 atom stereocenters. The second kappa shape index (κ2) is 13.6. The fraction of sp³-hybridized carbons (Fsp3) is 0.593. The highest BCUT2D eigenvalue weighted by Gasteiger charge is 2.26. The summed E-state index contributed by atoms with van der Waals surface area (Å²) in [5.41, 5.74) is 8.70. The van der Waals surface area contributed by atoms with Gasteiger partial charge < -0.3 is 20.5 Å². The van der Waals surface area contributed by atoms with Crippen LogP contribution < -0.4 is 11.1 Å². The summed E-state index contributed by atoms with van der Waals surface area (Å²) in [6, 6.07) is -0.0406. The number of amides is 1. The lowest BCUT2D eigenvalue weighted by atomic mass is 9.97. The van der Waals surface area contributed by atoms with Crippen molar-refractivity contribution in [2.24, 2.45) is 21.6 Å². The van der Waals surface area contributed by atoms with Crippen LogP contribution in [0.3, 0.4) is 0 Å². The van der Waals surface area contributed by atoms with Crippen molar-refractivity contribution >= 4 is 22.9 Å². The van der Waals surface area contributed by atoms with Crippen LogP contribution in [-0.2, 0) is 20.9 Å². The van der Waals surface area contributed by atoms with E-state index in [0.717, 1.165) is 43.6 Å². The minimum absolute atomic E-state index is 0.0406. The molecule has 2 aliphatic carbocycles. The number of likely N-dealkylation sites (tertiary alicyclic amines) is 1. The van der Waals surface area contributed by atoms with E-state index < -0.39 is 0 Å². The summed E-state index contributed by atoms with van der Waals surface area (Å²) in [5, 5.41) is 3.06. The molecule has 1 saturated heterocycles. The number of ether oxygens (including phenoxy) is 2. The zero-order valence-electron chi connectivity index (χ0n) is 22.0. The van der Waals surface area contributed by atoms with Gasteiger partial charge in [-0.15, -0.1) is 0 Å². The van der Waals surface area contributed by atoms with Crippen molar-refractivity contribution in [3.05, 3.63) is 41.7 Å². The first-order valence-electron chi connectivity index (χ1n) is 13.2. The first-order chi connectivity index (χ1) is 18.1. The van der Waals surface area contributed by atoms with Crippen LogP contribution >= 0.6 is 0 Å². The van der Waals surface area contributed by atoms with Crippen LogP contribution in [-0.4, -0.2) is 85.3 Å². The van der Waals surface area contributed by atoms with E-state index in [2.05, 4.69) is 30.2 Å². The lowest BCUT2D eigenvalue weighted by molar-refractivity contribution is -0.127. The van der Waals surface area contributed by atoms with Gasteiger partial charge in [0.1, 0.15) is 12.3 Å². The average molecular weight is 510 g/mol. The number of nitrogens with one attached hydrogen (secondary N) is 1. The van der Waals surface area contributed by atoms with Gasteiger partial charge in [-0.2, -0.15) is 0 Å². The number of piperidine rings is 1. The van der Waals surface area contributed by atoms with E-state index >= 15 is 0 Å². The summed E-state index contributed by atoms with van der Waals surface area (Å²) in [6.07, 6.45) is 13.7. The van der Waals surface area contributed by atoms with E-state index in [1.165, 1.54) is 12.8 Å². The van der Waals surface area contributed by atoms with E-state index in [9.17, 15) is 4.79 Å². The van der Waals surface area contributed by atoms with Gasteiger partial charge in [-0.1, -0.05) is 6.42 Å². The fourth-order valence-corrected chi connectivity index (χ4v) is 4.51. The van der Waals surface area contributed by atoms with E-state index in [1.807, 2.05) is 19.2 Å². The first kappa shape index (κ1) is 27.1. The molecule has 10 nitrogen and oxygen atoms in total. The minimum atomic E-state index is -0.0406. The normalized spacial score (nSPS) is 22.6. The molecule has 1 amide bonds. The monoisotopic (exact) mass is 509 g/mol. The minimum Gasteiger partial charge on any atom is -0.491 e. The molecule has 1 unspecified atom stereocenters. The fourth-order valence-electron chi connectivity index (χ4n) is 4.51. The highest BCUT2D eigenvalue weighted by molar-refractivity contribution is 6.54. The Kier molecular flexibility index (Phi) is 9.92. The predicted octanol–water partition coefficient (Wildman–Crippen LogP) is 2.12. The van der Waals surface area contributed by atoms with Crippen molar-refractivity contribution < 1.29 is 14.3 Å². The summed E-state index contributed by atoms with van der Waals surface area (Å²) < 4.78 is 12.0. The third kappa shape index (κ3) is 7.53. The van der Waals surface area contributed by atoms with Crippen LogP contribution in [0.25, 0.3) is 5.57 Å². The molecule has 200 valence electrons. The molecule has 0 spiro atoms. The number of hydrogen-bond donors (Lipinski definition) is 2. The molecule has 1 saturated carbocycles. The van der Waals surface area contributed by atoms with Crippen molar-refractivity contribution in [2.45, 2.75) is 51.2 Å². The highest BCUT2D eigenvalue weighted by Crippen LogP contribution is 2.29. The lowest BCUT2D eigenvalue weighted by Gasteiger charge is -2.31. The maximum Gasteiger partial charge on any atom is 0.237 e. The maximum atomic E-state index is 12.6. The number of allylic oxidation sites excluding steroid dienone is 4. The summed E-state index contributed by atoms with van der Waals surface area (Å²) in [7, 11) is 3.73. The van der Waals surface area contributed by atoms with Crippen LogP contribution in [0.15, 0.2) is 40.3 Å². The van der Waals surface area contributed by atoms with Crippen molar-refractivity contribution in [3.8, 4) is 0 Å². The molecule has 37 heavy (non-hydrogen) atoms. The Bertz CT molecular complexity index is 1040. The molecule has 3 N–H and O–H groups in total. The Morgan fingerprint density at radius 3 is 2.73 bits per heavy atom. The number of nitrogens with two attached hydrogens (primary N) is 1. The number of likely N-dealkylation sites (N-methyl/N-ethyl adjacent to an activating group) is 1. The van der Waals surface area contributed by atoms with E-state index in [1.54, 1.807) is 19.4 Å². The Hall–Kier alpha value is -2.95. The number of carbonyl (C=O) groups is 1. The molecule has 0 radical (unpaired) electrons. The molecule has 0 bridgehead atoms. The molecule has 3 aliphatic rings. The van der Waals surface area contributed by atoms with Gasteiger partial charge in [0.05, 0.1) is 25.0 Å². The predicted molar refractivity (Wildman–Crippen MR) is 144 cm³/mol. The van der Waals surface area contributed by atoms with Gasteiger partial charge in [-0.3, -0.25) is 19.7 Å². The quantitative estimate of drug-likeness (QED) is 0.326. The van der Waals surface area contributed by atoms with Gasteiger partial charge in [0.15, 0.2) is 11.6 Å². The lowest BCUT2D eigenvalue weighted by Crippen LogP contribution is -2.47. The number of rotatable bonds is 12. The standard InChI is InChI=1S/C27H39N7O3/c1-29-22-10-9-21(20-14-31-24(32-15-20)17-36-16-19-7-8-19)26(25(22)33-18-28)37-13-5-11-30-27(35)23-6-3-4-12-34(23)2/h9-10,14-15,19,23H,3-8,11-13,16-18,28H2,1-2H3,(H,30,35)/b29-22-,33-25+. The Morgan fingerprint density at radius 2 is 2.03 bits per heavy atom. The van der Waals surface area contributed by atoms with Crippen LogP contribution in [0.1, 0.15) is 49.9 Å². The van der Waals surface area contributed by atoms with Gasteiger partial charge in [0, 0.05) is 43.7 Å². The van der Waals surface area contributed by atoms with E-state index in [-0.39, 0.29) is 18.6 Å². The van der Waals surface area contributed by atoms with Crippen molar-refractivity contribution in [2.75, 3.05) is 47.1 Å². The summed E-state index contributed by atoms with van der Waals surface area (Å²) in [4.78, 5) is 32.5. The van der Waals surface area contributed by atoms with Gasteiger partial charge in [0.2, 0.25) is 5.91 Å². The van der Waals surface area contributed by atoms with Crippen LogP contribution in [0.5, 0.6) is 0 Å². The molecule has 1 aromatic rings. The molecule has 0 aromatic carbocycles. The summed E-state index contributed by atoms with van der Waals surface area (Å²) in [5.74, 6) is 2.03. The topological polar surface area (TPSA) is 127 Å². The average Bonchev–Trinajstić information content (AvgIpc) is 3.74. The highest BCUT2D eigenvalue weighted by atomic mass is 16.5. The zero-order chi connectivity index (χ0) is 26.0. The molecular formula is C27H39N7O3. The SMILES string of the molecule is C/N=C1/C=CC(c2cnc(COCC3CC3)nc2)=C(OCCCNC(=O)C2CCCCN2C)/C1=N/CN. The molecule has 1 aliphatic heterocycles. The van der Waals surface area contributed by atoms with Crippen LogP contribution in [0.4, 0.5) is 0 Å². The Labute approximate surface area is 219 Å². The third-order valence-corrected chi connectivity index (χ3v) is 6.84. The molecule has 10 heteroatoms. The largest absolute Gasteiger partial charge is 0.491 e. The van der Waals surface area contributed by atoms with Gasteiger partial charge in [-0.25, -0.2) is 9.97 Å². The number of aromatic nitrogens is 2. The van der Waals surface area contributed by atoms with Crippen molar-refractivity contribution in [1.82, 2.24) is 20.2 Å². The zero-order valence-corrected chi connectivity index (χ0v) is 22.0. The van der Waals surface area contributed by atoms with Crippen molar-refractivity contribution in [3.63, 3.8) is 0 Å². The third-order valence-electron chi connectivity index (χ3n) is 6.84. The summed E-state index contributed by atoms with van der Waals surface area (Å²) in [6.45, 7) is 3.20. The molecule has 2 heterocycles. The second-order valence-electron chi connectivity index (χ2n) is 9.71. The maximum absolute atomic E-state index is 12.6. The molecular weight excluding hydrogens is 470 g/mol. The van der Waals surface area contributed by atoms with Gasteiger partial charge in [0.25, 0.3) is 0 Å². The van der Waals surface area contributed by atoms with Gasteiger partial charge in [-0.05, 0) is 63.8 Å². The van der Waals surface area contributed by atoms with E-state index in [4.69, 9.17) is 15.2 Å². The molecule has 1 aromatic heterocycles. The number of nitrogens with zero attached hydrogens (tertiary/aromatic N) is 5. The summed E-state index contributed by atoms with van der Waals surface area (Å²) >= 11 is 0. The van der Waals surface area contributed by atoms with Crippen molar-refractivity contribution in [1.29, 1.82) is 0 Å². The Balaban J connectivity index is 1.39.